The van der Waals surface area contributed by atoms with Crippen molar-refractivity contribution in [2.45, 2.75) is 38.7 Å². The van der Waals surface area contributed by atoms with Gasteiger partial charge in [0, 0.05) is 25.1 Å². The molecule has 1 aliphatic carbocycles. The van der Waals surface area contributed by atoms with Crippen molar-refractivity contribution in [1.29, 1.82) is 0 Å². The van der Waals surface area contributed by atoms with E-state index in [1.54, 1.807) is 10.9 Å². The Morgan fingerprint density at radius 2 is 2.29 bits per heavy atom. The van der Waals surface area contributed by atoms with E-state index in [2.05, 4.69) is 18.9 Å². The molecule has 1 atom stereocenters. The number of halogens is 2. The van der Waals surface area contributed by atoms with Crippen LogP contribution in [0.4, 0.5) is 8.78 Å². The molecule has 14 heavy (non-hydrogen) atoms. The third-order valence-electron chi connectivity index (χ3n) is 2.68. The Bertz CT molecular complexity index is 331. The normalized spacial score (nSPS) is 24.2. The van der Waals surface area contributed by atoms with Crippen molar-refractivity contribution in [2.75, 3.05) is 0 Å². The second kappa shape index (κ2) is 3.04. The summed E-state index contributed by atoms with van der Waals surface area (Å²) in [6.45, 7) is 4.47. The zero-order chi connectivity index (χ0) is 10.3. The minimum absolute atomic E-state index is 0.0177. The molecular weight excluding hydrogens is 186 g/mol. The van der Waals surface area contributed by atoms with E-state index < -0.39 is 11.8 Å². The van der Waals surface area contributed by atoms with Crippen LogP contribution in [-0.4, -0.2) is 15.7 Å². The summed E-state index contributed by atoms with van der Waals surface area (Å²) in [5.74, 6) is -2.53. The van der Waals surface area contributed by atoms with Crippen LogP contribution in [0.15, 0.2) is 12.4 Å². The molecule has 0 amide bonds. The third-order valence-corrected chi connectivity index (χ3v) is 2.68. The van der Waals surface area contributed by atoms with Crippen molar-refractivity contribution >= 4 is 0 Å². The van der Waals surface area contributed by atoms with Gasteiger partial charge in [0.2, 0.25) is 0 Å². The molecule has 1 aromatic rings. The van der Waals surface area contributed by atoms with Crippen LogP contribution in [-0.2, 0) is 6.54 Å². The van der Waals surface area contributed by atoms with Crippen LogP contribution in [0.5, 0.6) is 0 Å². The Morgan fingerprint density at radius 1 is 1.64 bits per heavy atom. The molecule has 0 radical (unpaired) electrons. The lowest BCUT2D eigenvalue weighted by atomic mass is 10.1. The topological polar surface area (TPSA) is 17.8 Å². The van der Waals surface area contributed by atoms with Crippen molar-refractivity contribution < 1.29 is 8.78 Å². The first kappa shape index (κ1) is 9.62. The molecule has 1 aromatic heterocycles. The highest BCUT2D eigenvalue weighted by molar-refractivity contribution is 5.09. The van der Waals surface area contributed by atoms with Crippen molar-refractivity contribution in [3.05, 3.63) is 18.0 Å². The standard InChI is InChI=1S/C10H14F2N2/c1-7(2)8-4-13-14(5-8)6-9-3-10(9,11)12/h4-5,7,9H,3,6H2,1-2H3. The first-order valence-electron chi connectivity index (χ1n) is 4.89. The van der Waals surface area contributed by atoms with E-state index >= 15 is 0 Å². The second-order valence-corrected chi connectivity index (χ2v) is 4.31. The van der Waals surface area contributed by atoms with Gasteiger partial charge in [-0.2, -0.15) is 5.10 Å². The average Bonchev–Trinajstić information content (AvgIpc) is 2.51. The number of rotatable bonds is 3. The predicted molar refractivity (Wildman–Crippen MR) is 49.4 cm³/mol. The zero-order valence-corrected chi connectivity index (χ0v) is 8.37. The molecule has 1 heterocycles. The summed E-state index contributed by atoms with van der Waals surface area (Å²) in [5, 5.41) is 4.07. The summed E-state index contributed by atoms with van der Waals surface area (Å²) in [4.78, 5) is 0. The third kappa shape index (κ3) is 1.79. The predicted octanol–water partition coefficient (Wildman–Crippen LogP) is 2.66. The fourth-order valence-corrected chi connectivity index (χ4v) is 1.47. The Labute approximate surface area is 81.9 Å². The number of nitrogens with zero attached hydrogens (tertiary/aromatic N) is 2. The van der Waals surface area contributed by atoms with Crippen LogP contribution >= 0.6 is 0 Å². The minimum atomic E-state index is -2.44. The van der Waals surface area contributed by atoms with Crippen molar-refractivity contribution in [2.24, 2.45) is 5.92 Å². The van der Waals surface area contributed by atoms with Gasteiger partial charge in [0.1, 0.15) is 0 Å². The SMILES string of the molecule is CC(C)c1cnn(CC2CC2(F)F)c1. The maximum atomic E-state index is 12.6. The van der Waals surface area contributed by atoms with Crippen LogP contribution in [0, 0.1) is 5.92 Å². The zero-order valence-electron chi connectivity index (χ0n) is 8.37. The molecule has 0 bridgehead atoms. The molecule has 0 aromatic carbocycles. The van der Waals surface area contributed by atoms with Gasteiger partial charge in [0.25, 0.3) is 5.92 Å². The van der Waals surface area contributed by atoms with Crippen LogP contribution < -0.4 is 0 Å². The Morgan fingerprint density at radius 3 is 2.71 bits per heavy atom. The van der Waals surface area contributed by atoms with Gasteiger partial charge in [-0.25, -0.2) is 8.78 Å². The summed E-state index contributed by atoms with van der Waals surface area (Å²) in [5.41, 5.74) is 1.11. The van der Waals surface area contributed by atoms with Gasteiger partial charge in [-0.15, -0.1) is 0 Å². The Balaban J connectivity index is 1.98. The summed E-state index contributed by atoms with van der Waals surface area (Å²) in [6, 6.07) is 0. The lowest BCUT2D eigenvalue weighted by Gasteiger charge is -2.00. The largest absolute Gasteiger partial charge is 0.272 e. The van der Waals surface area contributed by atoms with E-state index in [0.29, 0.717) is 12.5 Å². The molecule has 4 heteroatoms. The fraction of sp³-hybridized carbons (Fsp3) is 0.700. The van der Waals surface area contributed by atoms with Gasteiger partial charge in [0.15, 0.2) is 0 Å². The number of hydrogen-bond acceptors (Lipinski definition) is 1. The van der Waals surface area contributed by atoms with Crippen LogP contribution in [0.1, 0.15) is 31.7 Å². The van der Waals surface area contributed by atoms with Gasteiger partial charge >= 0.3 is 0 Å². The van der Waals surface area contributed by atoms with Gasteiger partial charge in [-0.05, 0) is 11.5 Å². The first-order chi connectivity index (χ1) is 6.49. The minimum Gasteiger partial charge on any atom is -0.272 e. The van der Waals surface area contributed by atoms with E-state index in [0.717, 1.165) is 5.56 Å². The highest BCUT2D eigenvalue weighted by Crippen LogP contribution is 2.49. The molecule has 1 fully saturated rings. The highest BCUT2D eigenvalue weighted by Gasteiger charge is 2.56. The van der Waals surface area contributed by atoms with E-state index in [-0.39, 0.29) is 6.42 Å². The van der Waals surface area contributed by atoms with Gasteiger partial charge in [-0.1, -0.05) is 13.8 Å². The molecular formula is C10H14F2N2. The summed E-state index contributed by atoms with van der Waals surface area (Å²) >= 11 is 0. The van der Waals surface area contributed by atoms with Crippen LogP contribution in [0.3, 0.4) is 0 Å². The van der Waals surface area contributed by atoms with Crippen molar-refractivity contribution in [3.63, 3.8) is 0 Å². The molecule has 2 rings (SSSR count). The summed E-state index contributed by atoms with van der Waals surface area (Å²) < 4.78 is 26.8. The van der Waals surface area contributed by atoms with Crippen molar-refractivity contribution in [1.82, 2.24) is 9.78 Å². The number of hydrogen-bond donors (Lipinski definition) is 0. The number of alkyl halides is 2. The molecule has 0 N–H and O–H groups in total. The first-order valence-corrected chi connectivity index (χ1v) is 4.89. The maximum Gasteiger partial charge on any atom is 0.253 e. The fourth-order valence-electron chi connectivity index (χ4n) is 1.47. The van der Waals surface area contributed by atoms with E-state index in [1.165, 1.54) is 0 Å². The smallest absolute Gasteiger partial charge is 0.253 e. The number of aromatic nitrogens is 2. The van der Waals surface area contributed by atoms with Crippen molar-refractivity contribution in [3.8, 4) is 0 Å². The molecule has 0 saturated heterocycles. The average molecular weight is 200 g/mol. The quantitative estimate of drug-likeness (QED) is 0.733. The maximum absolute atomic E-state index is 12.6. The van der Waals surface area contributed by atoms with Crippen LogP contribution in [0.25, 0.3) is 0 Å². The van der Waals surface area contributed by atoms with Gasteiger partial charge in [-0.3, -0.25) is 4.68 Å². The molecule has 2 nitrogen and oxygen atoms in total. The molecule has 0 aliphatic heterocycles. The van der Waals surface area contributed by atoms with E-state index in [9.17, 15) is 8.78 Å². The Kier molecular flexibility index (Phi) is 2.09. The summed E-state index contributed by atoms with van der Waals surface area (Å²) in [6.07, 6.45) is 3.63. The van der Waals surface area contributed by atoms with Gasteiger partial charge in [0.05, 0.1) is 6.20 Å². The van der Waals surface area contributed by atoms with E-state index in [1.807, 2.05) is 6.20 Å². The molecule has 1 saturated carbocycles. The molecule has 1 unspecified atom stereocenters. The molecule has 78 valence electrons. The monoisotopic (exact) mass is 200 g/mol. The van der Waals surface area contributed by atoms with E-state index in [4.69, 9.17) is 0 Å². The lowest BCUT2D eigenvalue weighted by Crippen LogP contribution is -2.05. The lowest BCUT2D eigenvalue weighted by molar-refractivity contribution is 0.0942. The second-order valence-electron chi connectivity index (χ2n) is 4.31. The van der Waals surface area contributed by atoms with Crippen LogP contribution in [0.2, 0.25) is 0 Å². The Hall–Kier alpha value is -0.930. The highest BCUT2D eigenvalue weighted by atomic mass is 19.3. The molecule has 1 aliphatic rings. The summed E-state index contributed by atoms with van der Waals surface area (Å²) in [7, 11) is 0. The molecule has 0 spiro atoms. The van der Waals surface area contributed by atoms with Gasteiger partial charge < -0.3 is 0 Å².